The van der Waals surface area contributed by atoms with Gasteiger partial charge in [-0.3, -0.25) is 5.32 Å². The van der Waals surface area contributed by atoms with Crippen LogP contribution in [0.2, 0.25) is 0 Å². The Morgan fingerprint density at radius 3 is 2.62 bits per heavy atom. The number of nitrogens with zero attached hydrogens (tertiary/aromatic N) is 1. The molecule has 0 fully saturated rings. The molecule has 0 aliphatic rings. The number of ether oxygens (including phenoxy) is 1. The second-order valence-corrected chi connectivity index (χ2v) is 4.57. The molecule has 104 valence electrons. The molecule has 1 aromatic heterocycles. The SMILES string of the molecule is O=C(Nc1nccc2ccccc12)OCc1ccccc1. The van der Waals surface area contributed by atoms with E-state index in [9.17, 15) is 4.79 Å². The Hall–Kier alpha value is -2.88. The minimum Gasteiger partial charge on any atom is -0.444 e. The Bertz CT molecular complexity index is 752. The van der Waals surface area contributed by atoms with E-state index >= 15 is 0 Å². The van der Waals surface area contributed by atoms with Gasteiger partial charge in [0.25, 0.3) is 0 Å². The van der Waals surface area contributed by atoms with Crippen LogP contribution in [0, 0.1) is 0 Å². The number of fused-ring (bicyclic) bond motifs is 1. The third-order valence-electron chi connectivity index (χ3n) is 3.11. The van der Waals surface area contributed by atoms with Crippen LogP contribution < -0.4 is 5.32 Å². The number of anilines is 1. The first kappa shape index (κ1) is 13.1. The van der Waals surface area contributed by atoms with Gasteiger partial charge in [0.2, 0.25) is 0 Å². The third kappa shape index (κ3) is 3.17. The van der Waals surface area contributed by atoms with Crippen LogP contribution in [0.3, 0.4) is 0 Å². The highest BCUT2D eigenvalue weighted by atomic mass is 16.5. The summed E-state index contributed by atoms with van der Waals surface area (Å²) in [6.45, 7) is 0.234. The van der Waals surface area contributed by atoms with Crippen LogP contribution in [0.1, 0.15) is 5.56 Å². The molecule has 3 rings (SSSR count). The maximum absolute atomic E-state index is 11.9. The second-order valence-electron chi connectivity index (χ2n) is 4.57. The van der Waals surface area contributed by atoms with Gasteiger partial charge in [-0.25, -0.2) is 9.78 Å². The van der Waals surface area contributed by atoms with Gasteiger partial charge in [-0.1, -0.05) is 54.6 Å². The third-order valence-corrected chi connectivity index (χ3v) is 3.11. The van der Waals surface area contributed by atoms with Gasteiger partial charge >= 0.3 is 6.09 Å². The molecule has 21 heavy (non-hydrogen) atoms. The number of carbonyl (C=O) groups is 1. The van der Waals surface area contributed by atoms with E-state index in [4.69, 9.17) is 4.74 Å². The number of carbonyl (C=O) groups excluding carboxylic acids is 1. The Morgan fingerprint density at radius 1 is 1.00 bits per heavy atom. The molecule has 0 radical (unpaired) electrons. The standard InChI is InChI=1S/C17H14N2O2/c20-17(21-12-13-6-2-1-3-7-13)19-16-15-9-5-4-8-14(15)10-11-18-16/h1-11H,12H2,(H,18,19,20). The van der Waals surface area contributed by atoms with Crippen molar-refractivity contribution in [1.29, 1.82) is 0 Å². The maximum atomic E-state index is 11.9. The first-order valence-corrected chi connectivity index (χ1v) is 6.64. The summed E-state index contributed by atoms with van der Waals surface area (Å²) in [6, 6.07) is 19.2. The smallest absolute Gasteiger partial charge is 0.413 e. The summed E-state index contributed by atoms with van der Waals surface area (Å²) in [4.78, 5) is 16.0. The van der Waals surface area contributed by atoms with Crippen molar-refractivity contribution >= 4 is 22.7 Å². The van der Waals surface area contributed by atoms with Crippen LogP contribution in [-0.2, 0) is 11.3 Å². The molecule has 0 saturated carbocycles. The Labute approximate surface area is 122 Å². The van der Waals surface area contributed by atoms with Crippen LogP contribution in [0.15, 0.2) is 66.9 Å². The highest BCUT2D eigenvalue weighted by Crippen LogP contribution is 2.20. The van der Waals surface area contributed by atoms with E-state index in [1.807, 2.05) is 60.7 Å². The fourth-order valence-electron chi connectivity index (χ4n) is 2.08. The van der Waals surface area contributed by atoms with Crippen molar-refractivity contribution in [3.8, 4) is 0 Å². The molecule has 2 aromatic carbocycles. The summed E-state index contributed by atoms with van der Waals surface area (Å²) in [7, 11) is 0. The lowest BCUT2D eigenvalue weighted by Crippen LogP contribution is -2.14. The van der Waals surface area contributed by atoms with Crippen LogP contribution in [0.5, 0.6) is 0 Å². The molecule has 1 N–H and O–H groups in total. The van der Waals surface area contributed by atoms with Gasteiger partial charge in [-0.05, 0) is 17.0 Å². The lowest BCUT2D eigenvalue weighted by molar-refractivity contribution is 0.155. The summed E-state index contributed by atoms with van der Waals surface area (Å²) in [5.41, 5.74) is 0.943. The van der Waals surface area contributed by atoms with E-state index in [1.54, 1.807) is 6.20 Å². The van der Waals surface area contributed by atoms with Crippen molar-refractivity contribution in [1.82, 2.24) is 4.98 Å². The van der Waals surface area contributed by atoms with Gasteiger partial charge in [0.15, 0.2) is 0 Å². The van der Waals surface area contributed by atoms with Crippen molar-refractivity contribution in [3.05, 3.63) is 72.4 Å². The van der Waals surface area contributed by atoms with Crippen LogP contribution in [0.4, 0.5) is 10.6 Å². The number of hydrogen-bond donors (Lipinski definition) is 1. The Balaban J connectivity index is 1.69. The van der Waals surface area contributed by atoms with E-state index < -0.39 is 6.09 Å². The minimum atomic E-state index is -0.511. The number of pyridine rings is 1. The first-order valence-electron chi connectivity index (χ1n) is 6.64. The van der Waals surface area contributed by atoms with E-state index in [2.05, 4.69) is 10.3 Å². The molecule has 0 aliphatic carbocycles. The van der Waals surface area contributed by atoms with Crippen molar-refractivity contribution < 1.29 is 9.53 Å². The second kappa shape index (κ2) is 6.05. The molecule has 0 atom stereocenters. The van der Waals surface area contributed by atoms with E-state index in [-0.39, 0.29) is 6.61 Å². The number of amides is 1. The normalized spacial score (nSPS) is 10.3. The van der Waals surface area contributed by atoms with Crippen LogP contribution in [-0.4, -0.2) is 11.1 Å². The summed E-state index contributed by atoms with van der Waals surface area (Å²) in [6.07, 6.45) is 1.15. The summed E-state index contributed by atoms with van der Waals surface area (Å²) < 4.78 is 5.19. The van der Waals surface area contributed by atoms with Crippen molar-refractivity contribution in [2.75, 3.05) is 5.32 Å². The lowest BCUT2D eigenvalue weighted by Gasteiger charge is -2.08. The topological polar surface area (TPSA) is 51.2 Å². The predicted molar refractivity (Wildman–Crippen MR) is 82.0 cm³/mol. The average Bonchev–Trinajstić information content (AvgIpc) is 2.54. The van der Waals surface area contributed by atoms with Crippen molar-refractivity contribution in [2.45, 2.75) is 6.61 Å². The highest BCUT2D eigenvalue weighted by Gasteiger charge is 2.07. The Morgan fingerprint density at radius 2 is 1.76 bits per heavy atom. The van der Waals surface area contributed by atoms with Gasteiger partial charge in [-0.2, -0.15) is 0 Å². The molecule has 0 bridgehead atoms. The van der Waals surface area contributed by atoms with Crippen molar-refractivity contribution in [3.63, 3.8) is 0 Å². The van der Waals surface area contributed by atoms with Crippen LogP contribution in [0.25, 0.3) is 10.8 Å². The highest BCUT2D eigenvalue weighted by molar-refractivity contribution is 5.97. The number of hydrogen-bond acceptors (Lipinski definition) is 3. The largest absolute Gasteiger partial charge is 0.444 e. The predicted octanol–water partition coefficient (Wildman–Crippen LogP) is 3.98. The maximum Gasteiger partial charge on any atom is 0.413 e. The average molecular weight is 278 g/mol. The number of benzene rings is 2. The molecule has 4 nitrogen and oxygen atoms in total. The number of nitrogens with one attached hydrogen (secondary N) is 1. The van der Waals surface area contributed by atoms with E-state index in [0.29, 0.717) is 5.82 Å². The monoisotopic (exact) mass is 278 g/mol. The zero-order valence-electron chi connectivity index (χ0n) is 11.3. The summed E-state index contributed by atoms with van der Waals surface area (Å²) in [5.74, 6) is 0.506. The summed E-state index contributed by atoms with van der Waals surface area (Å²) >= 11 is 0. The molecule has 0 aliphatic heterocycles. The fraction of sp³-hybridized carbons (Fsp3) is 0.0588. The minimum absolute atomic E-state index is 0.234. The molecular weight excluding hydrogens is 264 g/mol. The number of rotatable bonds is 3. The molecule has 0 spiro atoms. The van der Waals surface area contributed by atoms with E-state index in [0.717, 1.165) is 16.3 Å². The fourth-order valence-corrected chi connectivity index (χ4v) is 2.08. The Kier molecular flexibility index (Phi) is 3.78. The molecule has 1 amide bonds. The van der Waals surface area contributed by atoms with Gasteiger partial charge in [0.05, 0.1) is 0 Å². The number of aromatic nitrogens is 1. The molecule has 1 heterocycles. The van der Waals surface area contributed by atoms with Gasteiger partial charge in [-0.15, -0.1) is 0 Å². The van der Waals surface area contributed by atoms with Gasteiger partial charge < -0.3 is 4.74 Å². The first-order chi connectivity index (χ1) is 10.3. The molecule has 3 aromatic rings. The van der Waals surface area contributed by atoms with Crippen molar-refractivity contribution in [2.24, 2.45) is 0 Å². The molecule has 4 heteroatoms. The van der Waals surface area contributed by atoms with Crippen LogP contribution >= 0.6 is 0 Å². The zero-order valence-corrected chi connectivity index (χ0v) is 11.3. The lowest BCUT2D eigenvalue weighted by atomic mass is 10.1. The summed E-state index contributed by atoms with van der Waals surface area (Å²) in [5, 5.41) is 4.59. The van der Waals surface area contributed by atoms with Gasteiger partial charge in [0.1, 0.15) is 12.4 Å². The van der Waals surface area contributed by atoms with E-state index in [1.165, 1.54) is 0 Å². The molecular formula is C17H14N2O2. The molecule has 0 saturated heterocycles. The van der Waals surface area contributed by atoms with Gasteiger partial charge in [0, 0.05) is 11.6 Å². The quantitative estimate of drug-likeness (QED) is 0.788. The molecule has 0 unspecified atom stereocenters. The zero-order chi connectivity index (χ0) is 14.5.